The topological polar surface area (TPSA) is 67.6 Å². The average Bonchev–Trinajstić information content (AvgIpc) is 2.77. The van der Waals surface area contributed by atoms with E-state index >= 15 is 0 Å². The Bertz CT molecular complexity index is 733. The molecule has 18 heavy (non-hydrogen) atoms. The number of imidazole rings is 1. The molecular weight excluding hydrogens is 292 g/mol. The second kappa shape index (κ2) is 4.10. The van der Waals surface area contributed by atoms with Gasteiger partial charge in [0.15, 0.2) is 5.65 Å². The molecule has 0 saturated heterocycles. The van der Waals surface area contributed by atoms with Crippen LogP contribution in [0.2, 0.25) is 0 Å². The number of nitrogens with two attached hydrogens (primary N) is 1. The summed E-state index contributed by atoms with van der Waals surface area (Å²) >= 11 is 3.51. The number of pyridine rings is 1. The zero-order chi connectivity index (χ0) is 12.7. The highest BCUT2D eigenvalue weighted by molar-refractivity contribution is 9.10. The first kappa shape index (κ1) is 11.2. The maximum Gasteiger partial charge on any atom is 0.178 e. The molecule has 5 heteroatoms. The number of rotatable bonds is 1. The van der Waals surface area contributed by atoms with Crippen molar-refractivity contribution in [2.24, 2.45) is 0 Å². The van der Waals surface area contributed by atoms with Crippen molar-refractivity contribution in [2.75, 3.05) is 5.73 Å². The van der Waals surface area contributed by atoms with Gasteiger partial charge in [0.2, 0.25) is 0 Å². The number of aryl methyl sites for hydroxylation is 1. The summed E-state index contributed by atoms with van der Waals surface area (Å²) in [4.78, 5) is 12.0. The van der Waals surface area contributed by atoms with E-state index in [2.05, 4.69) is 30.9 Å². The number of anilines is 1. The van der Waals surface area contributed by atoms with Gasteiger partial charge < -0.3 is 10.7 Å². The van der Waals surface area contributed by atoms with Gasteiger partial charge in [-0.1, -0.05) is 15.9 Å². The number of benzene rings is 1. The Kier molecular flexibility index (Phi) is 2.56. The summed E-state index contributed by atoms with van der Waals surface area (Å²) in [6, 6.07) is 7.60. The first-order valence-corrected chi connectivity index (χ1v) is 6.31. The Balaban J connectivity index is 2.26. The van der Waals surface area contributed by atoms with Gasteiger partial charge in [-0.25, -0.2) is 9.97 Å². The van der Waals surface area contributed by atoms with Crippen LogP contribution in [0.25, 0.3) is 22.6 Å². The SMILES string of the molecule is Cc1ccnc2nc(-c3cc(N)ccc3Br)[nH]c12. The summed E-state index contributed by atoms with van der Waals surface area (Å²) in [7, 11) is 0. The van der Waals surface area contributed by atoms with E-state index in [-0.39, 0.29) is 0 Å². The predicted octanol–water partition coefficient (Wildman–Crippen LogP) is 3.28. The number of fused-ring (bicyclic) bond motifs is 1. The summed E-state index contributed by atoms with van der Waals surface area (Å²) in [5.74, 6) is 0.769. The lowest BCUT2D eigenvalue weighted by molar-refractivity contribution is 1.29. The molecule has 0 unspecified atom stereocenters. The Morgan fingerprint density at radius 1 is 1.28 bits per heavy atom. The first-order chi connectivity index (χ1) is 8.65. The summed E-state index contributed by atoms with van der Waals surface area (Å²) in [5, 5.41) is 0. The smallest absolute Gasteiger partial charge is 0.178 e. The van der Waals surface area contributed by atoms with Crippen molar-refractivity contribution >= 4 is 32.8 Å². The van der Waals surface area contributed by atoms with Crippen LogP contribution < -0.4 is 5.73 Å². The normalized spacial score (nSPS) is 11.0. The number of nitrogens with zero attached hydrogens (tertiary/aromatic N) is 2. The van der Waals surface area contributed by atoms with E-state index in [0.29, 0.717) is 5.69 Å². The highest BCUT2D eigenvalue weighted by atomic mass is 79.9. The molecule has 0 aliphatic rings. The number of H-pyrrole nitrogens is 1. The molecule has 4 nitrogen and oxygen atoms in total. The fraction of sp³-hybridized carbons (Fsp3) is 0.0769. The van der Waals surface area contributed by atoms with Crippen LogP contribution in [0.1, 0.15) is 5.56 Å². The largest absolute Gasteiger partial charge is 0.399 e. The van der Waals surface area contributed by atoms with Gasteiger partial charge in [-0.2, -0.15) is 0 Å². The third-order valence-corrected chi connectivity index (χ3v) is 3.54. The van der Waals surface area contributed by atoms with Crippen molar-refractivity contribution in [3.8, 4) is 11.4 Å². The maximum atomic E-state index is 5.81. The number of hydrogen-bond donors (Lipinski definition) is 2. The van der Waals surface area contributed by atoms with Crippen LogP contribution in [0.5, 0.6) is 0 Å². The van der Waals surface area contributed by atoms with Crippen LogP contribution >= 0.6 is 15.9 Å². The zero-order valence-electron chi connectivity index (χ0n) is 9.74. The van der Waals surface area contributed by atoms with E-state index in [1.54, 1.807) is 6.20 Å². The molecule has 0 saturated carbocycles. The van der Waals surface area contributed by atoms with E-state index in [9.17, 15) is 0 Å². The van der Waals surface area contributed by atoms with Gasteiger partial charge in [-0.05, 0) is 36.8 Å². The Labute approximate surface area is 112 Å². The lowest BCUT2D eigenvalue weighted by Gasteiger charge is -2.01. The molecule has 0 fully saturated rings. The maximum absolute atomic E-state index is 5.81. The number of nitrogen functional groups attached to an aromatic ring is 1. The second-order valence-electron chi connectivity index (χ2n) is 4.15. The van der Waals surface area contributed by atoms with Gasteiger partial charge >= 0.3 is 0 Å². The molecule has 3 aromatic rings. The standard InChI is InChI=1S/C13H11BrN4/c1-7-4-5-16-13-11(7)17-12(18-13)9-6-8(15)2-3-10(9)14/h2-6H,15H2,1H3,(H,16,17,18). The monoisotopic (exact) mass is 302 g/mol. The van der Waals surface area contributed by atoms with Crippen LogP contribution in [0.4, 0.5) is 5.69 Å². The van der Waals surface area contributed by atoms with Crippen molar-refractivity contribution in [1.82, 2.24) is 15.0 Å². The van der Waals surface area contributed by atoms with Crippen molar-refractivity contribution in [3.63, 3.8) is 0 Å². The Hall–Kier alpha value is -1.88. The number of nitrogens with one attached hydrogen (secondary N) is 1. The summed E-state index contributed by atoms with van der Waals surface area (Å²) in [5.41, 5.74) is 10.3. The Morgan fingerprint density at radius 3 is 2.89 bits per heavy atom. The first-order valence-electron chi connectivity index (χ1n) is 5.52. The van der Waals surface area contributed by atoms with Crippen molar-refractivity contribution in [2.45, 2.75) is 6.92 Å². The number of aromatic amines is 1. The number of halogens is 1. The third kappa shape index (κ3) is 1.76. The number of aromatic nitrogens is 3. The van der Waals surface area contributed by atoms with Crippen molar-refractivity contribution in [1.29, 1.82) is 0 Å². The lowest BCUT2D eigenvalue weighted by atomic mass is 10.2. The van der Waals surface area contributed by atoms with Gasteiger partial charge in [0.05, 0.1) is 5.52 Å². The molecule has 0 bridgehead atoms. The van der Waals surface area contributed by atoms with Crippen molar-refractivity contribution in [3.05, 3.63) is 40.5 Å². The molecule has 2 aromatic heterocycles. The van der Waals surface area contributed by atoms with E-state index in [1.165, 1.54) is 0 Å². The highest BCUT2D eigenvalue weighted by Crippen LogP contribution is 2.29. The molecule has 0 radical (unpaired) electrons. The van der Waals surface area contributed by atoms with E-state index in [4.69, 9.17) is 5.73 Å². The molecule has 90 valence electrons. The molecule has 3 N–H and O–H groups in total. The fourth-order valence-corrected chi connectivity index (χ4v) is 2.32. The molecule has 1 aromatic carbocycles. The summed E-state index contributed by atoms with van der Waals surface area (Å²) < 4.78 is 0.952. The molecule has 2 heterocycles. The van der Waals surface area contributed by atoms with E-state index < -0.39 is 0 Å². The van der Waals surface area contributed by atoms with E-state index in [0.717, 1.165) is 32.6 Å². The van der Waals surface area contributed by atoms with E-state index in [1.807, 2.05) is 31.2 Å². The highest BCUT2D eigenvalue weighted by Gasteiger charge is 2.10. The lowest BCUT2D eigenvalue weighted by Crippen LogP contribution is -1.88. The van der Waals surface area contributed by atoms with Crippen molar-refractivity contribution < 1.29 is 0 Å². The minimum atomic E-state index is 0.707. The quantitative estimate of drug-likeness (QED) is 0.678. The molecule has 0 aliphatic heterocycles. The second-order valence-corrected chi connectivity index (χ2v) is 5.01. The summed E-state index contributed by atoms with van der Waals surface area (Å²) in [6.45, 7) is 2.03. The van der Waals surface area contributed by atoms with Gasteiger partial charge in [-0.15, -0.1) is 0 Å². The summed E-state index contributed by atoms with van der Waals surface area (Å²) in [6.07, 6.45) is 1.76. The van der Waals surface area contributed by atoms with Crippen LogP contribution in [0.3, 0.4) is 0 Å². The van der Waals surface area contributed by atoms with Gasteiger partial charge in [0.25, 0.3) is 0 Å². The molecule has 0 spiro atoms. The van der Waals surface area contributed by atoms with Gasteiger partial charge in [-0.3, -0.25) is 0 Å². The van der Waals surface area contributed by atoms with Gasteiger partial charge in [0, 0.05) is 21.9 Å². The fourth-order valence-electron chi connectivity index (χ4n) is 1.89. The third-order valence-electron chi connectivity index (χ3n) is 2.85. The molecule has 0 aliphatic carbocycles. The Morgan fingerprint density at radius 2 is 2.11 bits per heavy atom. The average molecular weight is 303 g/mol. The molecule has 3 rings (SSSR count). The van der Waals surface area contributed by atoms with Crippen LogP contribution in [-0.4, -0.2) is 15.0 Å². The molecule has 0 atom stereocenters. The van der Waals surface area contributed by atoms with Crippen LogP contribution in [0, 0.1) is 6.92 Å². The van der Waals surface area contributed by atoms with Gasteiger partial charge in [0.1, 0.15) is 5.82 Å². The van der Waals surface area contributed by atoms with Crippen LogP contribution in [0.15, 0.2) is 34.9 Å². The molecule has 0 amide bonds. The molecular formula is C13H11BrN4. The minimum Gasteiger partial charge on any atom is -0.399 e. The number of hydrogen-bond acceptors (Lipinski definition) is 3. The predicted molar refractivity (Wildman–Crippen MR) is 76.2 cm³/mol. The van der Waals surface area contributed by atoms with Crippen LogP contribution in [-0.2, 0) is 0 Å². The zero-order valence-corrected chi connectivity index (χ0v) is 11.3. The minimum absolute atomic E-state index is 0.707.